The Kier molecular flexibility index (Phi) is 7.08. The number of fused-ring (bicyclic) bond motifs is 1. The first-order valence-corrected chi connectivity index (χ1v) is 9.06. The van der Waals surface area contributed by atoms with E-state index in [1.54, 1.807) is 0 Å². The Morgan fingerprint density at radius 2 is 1.75 bits per heavy atom. The summed E-state index contributed by atoms with van der Waals surface area (Å²) in [7, 11) is 0. The molecule has 0 unspecified atom stereocenters. The molecule has 0 radical (unpaired) electrons. The van der Waals surface area contributed by atoms with Crippen molar-refractivity contribution >= 4 is 11.9 Å². The summed E-state index contributed by atoms with van der Waals surface area (Å²) in [4.78, 5) is 23.8. The van der Waals surface area contributed by atoms with Gasteiger partial charge in [0.25, 0.3) is 5.91 Å². The summed E-state index contributed by atoms with van der Waals surface area (Å²) in [6.07, 6.45) is -0.171. The van der Waals surface area contributed by atoms with Crippen LogP contribution in [0.15, 0.2) is 54.6 Å². The van der Waals surface area contributed by atoms with Gasteiger partial charge in [0, 0.05) is 13.0 Å². The second-order valence-corrected chi connectivity index (χ2v) is 6.06. The third-order valence-electron chi connectivity index (χ3n) is 4.01. The lowest BCUT2D eigenvalue weighted by atomic mass is 10.1. The number of carbonyl (C=O) groups is 2. The summed E-state index contributed by atoms with van der Waals surface area (Å²) < 4.78 is 16.4. The van der Waals surface area contributed by atoms with Gasteiger partial charge in [0.2, 0.25) is 0 Å². The lowest BCUT2D eigenvalue weighted by Gasteiger charge is -2.13. The molecule has 0 saturated carbocycles. The van der Waals surface area contributed by atoms with Crippen molar-refractivity contribution in [3.8, 4) is 11.5 Å². The van der Waals surface area contributed by atoms with Crippen molar-refractivity contribution in [1.82, 2.24) is 16.2 Å². The monoisotopic (exact) mass is 385 g/mol. The number of para-hydroxylation sites is 2. The Morgan fingerprint density at radius 1 is 0.964 bits per heavy atom. The Bertz CT molecular complexity index is 759. The number of nitrogens with one attached hydrogen (secondary N) is 3. The molecule has 8 nitrogen and oxygen atoms in total. The van der Waals surface area contributed by atoms with Gasteiger partial charge in [0.05, 0.1) is 13.2 Å². The molecule has 0 aliphatic carbocycles. The molecule has 0 spiro atoms. The minimum atomic E-state index is -0.648. The molecule has 0 bridgehead atoms. The second-order valence-electron chi connectivity index (χ2n) is 6.06. The van der Waals surface area contributed by atoms with Gasteiger partial charge >= 0.3 is 6.03 Å². The fourth-order valence-corrected chi connectivity index (χ4v) is 2.65. The van der Waals surface area contributed by atoms with Crippen molar-refractivity contribution in [2.45, 2.75) is 12.5 Å². The predicted octanol–water partition coefficient (Wildman–Crippen LogP) is 1.42. The molecule has 1 heterocycles. The fourth-order valence-electron chi connectivity index (χ4n) is 2.65. The third kappa shape index (κ3) is 5.88. The van der Waals surface area contributed by atoms with Gasteiger partial charge in [-0.3, -0.25) is 10.2 Å². The molecule has 3 rings (SSSR count). The standard InChI is InChI=1S/C20H23N3O5/c24-19(18-14-15-6-4-5-9-17(15)28-18)22-23-20(25)21-10-11-26-12-13-27-16-7-2-1-3-8-16/h1-9,18H,10-14H2,(H,22,24)(H2,21,23,25)/t18-/m1/s1. The summed E-state index contributed by atoms with van der Waals surface area (Å²) in [5.41, 5.74) is 5.62. The Morgan fingerprint density at radius 3 is 2.57 bits per heavy atom. The highest BCUT2D eigenvalue weighted by Gasteiger charge is 2.28. The van der Waals surface area contributed by atoms with Gasteiger partial charge in [-0.15, -0.1) is 0 Å². The highest BCUT2D eigenvalue weighted by atomic mass is 16.5. The van der Waals surface area contributed by atoms with Crippen LogP contribution in [0, 0.1) is 0 Å². The van der Waals surface area contributed by atoms with Crippen LogP contribution in [-0.2, 0) is 16.0 Å². The Hall–Kier alpha value is -3.26. The number of urea groups is 1. The lowest BCUT2D eigenvalue weighted by molar-refractivity contribution is -0.127. The molecule has 0 fully saturated rings. The van der Waals surface area contributed by atoms with Crippen LogP contribution in [0.5, 0.6) is 11.5 Å². The maximum absolute atomic E-state index is 12.1. The molecule has 8 heteroatoms. The molecule has 2 aromatic rings. The number of ether oxygens (including phenoxy) is 3. The summed E-state index contributed by atoms with van der Waals surface area (Å²) in [6.45, 7) is 1.48. The van der Waals surface area contributed by atoms with Crippen LogP contribution in [0.2, 0.25) is 0 Å². The minimum absolute atomic E-state index is 0.304. The quantitative estimate of drug-likeness (QED) is 0.472. The first kappa shape index (κ1) is 19.5. The van der Waals surface area contributed by atoms with Gasteiger partial charge in [-0.1, -0.05) is 36.4 Å². The fraction of sp³-hybridized carbons (Fsp3) is 0.300. The molecule has 0 saturated heterocycles. The molecule has 3 amide bonds. The first-order chi connectivity index (χ1) is 13.7. The van der Waals surface area contributed by atoms with Crippen LogP contribution in [-0.4, -0.2) is 44.4 Å². The number of carbonyl (C=O) groups excluding carboxylic acids is 2. The molecule has 0 aromatic heterocycles. The van der Waals surface area contributed by atoms with E-state index in [9.17, 15) is 9.59 Å². The van der Waals surface area contributed by atoms with Crippen molar-refractivity contribution < 1.29 is 23.8 Å². The number of hydrazine groups is 1. The molecule has 3 N–H and O–H groups in total. The van der Waals surface area contributed by atoms with Gasteiger partial charge in [0.1, 0.15) is 18.1 Å². The summed E-state index contributed by atoms with van der Waals surface area (Å²) in [5, 5.41) is 2.58. The zero-order valence-corrected chi connectivity index (χ0v) is 15.4. The number of amides is 3. The van der Waals surface area contributed by atoms with E-state index >= 15 is 0 Å². The van der Waals surface area contributed by atoms with E-state index in [1.807, 2.05) is 54.6 Å². The summed E-state index contributed by atoms with van der Waals surface area (Å²) in [5.74, 6) is 1.08. The minimum Gasteiger partial charge on any atom is -0.491 e. The molecule has 1 atom stereocenters. The highest BCUT2D eigenvalue weighted by molar-refractivity contribution is 5.85. The Balaban J connectivity index is 1.21. The molecule has 28 heavy (non-hydrogen) atoms. The zero-order chi connectivity index (χ0) is 19.6. The van der Waals surface area contributed by atoms with E-state index in [1.165, 1.54) is 0 Å². The number of benzene rings is 2. The van der Waals surface area contributed by atoms with E-state index in [4.69, 9.17) is 14.2 Å². The van der Waals surface area contributed by atoms with Crippen LogP contribution in [0.1, 0.15) is 5.56 Å². The summed E-state index contributed by atoms with van der Waals surface area (Å²) in [6, 6.07) is 16.4. The van der Waals surface area contributed by atoms with E-state index in [-0.39, 0.29) is 0 Å². The van der Waals surface area contributed by atoms with E-state index < -0.39 is 18.0 Å². The SMILES string of the molecule is O=C(NCCOCCOc1ccccc1)NNC(=O)[C@H]1Cc2ccccc2O1. The van der Waals surface area contributed by atoms with Crippen LogP contribution in [0.4, 0.5) is 4.79 Å². The van der Waals surface area contributed by atoms with Gasteiger partial charge in [-0.05, 0) is 23.8 Å². The number of hydrogen-bond acceptors (Lipinski definition) is 5. The van der Waals surface area contributed by atoms with Crippen molar-refractivity contribution in [3.63, 3.8) is 0 Å². The van der Waals surface area contributed by atoms with Crippen LogP contribution in [0.3, 0.4) is 0 Å². The van der Waals surface area contributed by atoms with Crippen molar-refractivity contribution in [3.05, 3.63) is 60.2 Å². The van der Waals surface area contributed by atoms with Gasteiger partial charge in [0.15, 0.2) is 6.10 Å². The van der Waals surface area contributed by atoms with Crippen molar-refractivity contribution in [1.29, 1.82) is 0 Å². The normalized spacial score (nSPS) is 14.5. The van der Waals surface area contributed by atoms with E-state index in [0.29, 0.717) is 38.5 Å². The lowest BCUT2D eigenvalue weighted by Crippen LogP contribution is -2.51. The Labute approximate surface area is 163 Å². The predicted molar refractivity (Wildman–Crippen MR) is 102 cm³/mol. The van der Waals surface area contributed by atoms with E-state index in [0.717, 1.165) is 11.3 Å². The first-order valence-electron chi connectivity index (χ1n) is 9.06. The molecule has 2 aromatic carbocycles. The van der Waals surface area contributed by atoms with E-state index in [2.05, 4.69) is 16.2 Å². The maximum atomic E-state index is 12.1. The topological polar surface area (TPSA) is 97.9 Å². The van der Waals surface area contributed by atoms with Crippen molar-refractivity contribution in [2.24, 2.45) is 0 Å². The maximum Gasteiger partial charge on any atom is 0.333 e. The zero-order valence-electron chi connectivity index (χ0n) is 15.4. The third-order valence-corrected chi connectivity index (χ3v) is 4.01. The number of hydrogen-bond donors (Lipinski definition) is 3. The molecular weight excluding hydrogens is 362 g/mol. The molecule has 148 valence electrons. The largest absolute Gasteiger partial charge is 0.491 e. The van der Waals surface area contributed by atoms with Gasteiger partial charge in [-0.2, -0.15) is 0 Å². The molecule has 1 aliphatic heterocycles. The average Bonchev–Trinajstić information content (AvgIpc) is 3.16. The van der Waals surface area contributed by atoms with Gasteiger partial charge in [-0.25, -0.2) is 10.2 Å². The second kappa shape index (κ2) is 10.2. The van der Waals surface area contributed by atoms with Gasteiger partial charge < -0.3 is 19.5 Å². The average molecular weight is 385 g/mol. The van der Waals surface area contributed by atoms with Crippen LogP contribution < -0.4 is 25.6 Å². The van der Waals surface area contributed by atoms with Crippen LogP contribution >= 0.6 is 0 Å². The smallest absolute Gasteiger partial charge is 0.333 e. The highest BCUT2D eigenvalue weighted by Crippen LogP contribution is 2.27. The molecule has 1 aliphatic rings. The molecular formula is C20H23N3O5. The van der Waals surface area contributed by atoms with Crippen LogP contribution in [0.25, 0.3) is 0 Å². The van der Waals surface area contributed by atoms with Crippen molar-refractivity contribution in [2.75, 3.05) is 26.4 Å². The number of rotatable bonds is 8. The summed E-state index contributed by atoms with van der Waals surface area (Å²) >= 11 is 0.